The molecule has 2 aromatic rings. The summed E-state index contributed by atoms with van der Waals surface area (Å²) < 4.78 is 39.4. The lowest BCUT2D eigenvalue weighted by molar-refractivity contribution is -0.137. The summed E-state index contributed by atoms with van der Waals surface area (Å²) in [6, 6.07) is 2.34. The highest BCUT2D eigenvalue weighted by Gasteiger charge is 2.33. The molecule has 0 saturated heterocycles. The molecule has 1 amide bonds. The average Bonchev–Trinajstić information content (AvgIpc) is 2.96. The molecule has 3 N–H and O–H groups in total. The molecule has 1 aliphatic heterocycles. The number of hydrogen-bond donors (Lipinski definition) is 2. The van der Waals surface area contributed by atoms with Crippen molar-refractivity contribution in [3.8, 4) is 5.69 Å². The van der Waals surface area contributed by atoms with Crippen LogP contribution >= 0.6 is 15.9 Å². The molecular weight excluding hydrogens is 353 g/mol. The Morgan fingerprint density at radius 2 is 2.10 bits per heavy atom. The third kappa shape index (κ3) is 2.32. The molecule has 1 aliphatic rings. The van der Waals surface area contributed by atoms with Crippen molar-refractivity contribution in [1.82, 2.24) is 9.78 Å². The summed E-state index contributed by atoms with van der Waals surface area (Å²) >= 11 is 3.26. The molecule has 1 aromatic carbocycles. The summed E-state index contributed by atoms with van der Waals surface area (Å²) in [6.45, 7) is 0. The second kappa shape index (κ2) is 4.57. The van der Waals surface area contributed by atoms with E-state index in [1.807, 2.05) is 0 Å². The van der Waals surface area contributed by atoms with Crippen molar-refractivity contribution in [2.24, 2.45) is 5.73 Å². The number of carbonyl (C=O) groups excluding carboxylic acids is 1. The first-order valence-corrected chi connectivity index (χ1v) is 6.59. The molecule has 1 aromatic heterocycles. The number of fused-ring (bicyclic) bond motifs is 1. The molecule has 0 radical (unpaired) electrons. The fourth-order valence-corrected chi connectivity index (χ4v) is 2.61. The lowest BCUT2D eigenvalue weighted by Crippen LogP contribution is -2.19. The normalized spacial score (nSPS) is 17.8. The van der Waals surface area contributed by atoms with Crippen LogP contribution in [0.25, 0.3) is 5.69 Å². The number of carbonyl (C=O) groups is 1. The van der Waals surface area contributed by atoms with Gasteiger partial charge in [0.25, 0.3) is 0 Å². The Balaban J connectivity index is 2.07. The zero-order valence-corrected chi connectivity index (χ0v) is 11.9. The van der Waals surface area contributed by atoms with E-state index in [1.165, 1.54) is 6.07 Å². The molecular formula is C12H8BrF3N4O. The Labute approximate surface area is 125 Å². The van der Waals surface area contributed by atoms with Crippen molar-refractivity contribution in [2.45, 2.75) is 12.2 Å². The summed E-state index contributed by atoms with van der Waals surface area (Å²) in [5.41, 5.74) is 6.28. The van der Waals surface area contributed by atoms with Crippen molar-refractivity contribution in [2.75, 3.05) is 5.32 Å². The number of rotatable bonds is 1. The third-order valence-electron chi connectivity index (χ3n) is 3.15. The SMILES string of the molecule is NC1C(=O)Nc2cc(-n3cc(C(F)(F)F)cn3)c(Br)cc21. The van der Waals surface area contributed by atoms with E-state index in [9.17, 15) is 18.0 Å². The van der Waals surface area contributed by atoms with E-state index in [4.69, 9.17) is 5.73 Å². The van der Waals surface area contributed by atoms with Crippen molar-refractivity contribution in [3.63, 3.8) is 0 Å². The molecule has 3 rings (SSSR count). The number of alkyl halides is 3. The summed E-state index contributed by atoms with van der Waals surface area (Å²) in [7, 11) is 0. The highest BCUT2D eigenvalue weighted by atomic mass is 79.9. The van der Waals surface area contributed by atoms with Crippen LogP contribution in [-0.4, -0.2) is 15.7 Å². The lowest BCUT2D eigenvalue weighted by atomic mass is 10.1. The lowest BCUT2D eigenvalue weighted by Gasteiger charge is -2.09. The van der Waals surface area contributed by atoms with Crippen molar-refractivity contribution < 1.29 is 18.0 Å². The van der Waals surface area contributed by atoms with Crippen molar-refractivity contribution in [1.29, 1.82) is 0 Å². The number of halogens is 4. The number of nitrogens with zero attached hydrogens (tertiary/aromatic N) is 2. The van der Waals surface area contributed by atoms with E-state index in [-0.39, 0.29) is 5.91 Å². The van der Waals surface area contributed by atoms with Gasteiger partial charge in [-0.2, -0.15) is 18.3 Å². The van der Waals surface area contributed by atoms with E-state index in [0.717, 1.165) is 17.1 Å². The van der Waals surface area contributed by atoms with E-state index in [1.54, 1.807) is 6.07 Å². The van der Waals surface area contributed by atoms with Crippen LogP contribution < -0.4 is 11.1 Å². The van der Waals surface area contributed by atoms with Crippen LogP contribution in [0.1, 0.15) is 17.2 Å². The number of nitrogens with two attached hydrogens (primary N) is 1. The highest BCUT2D eigenvalue weighted by Crippen LogP contribution is 2.36. The monoisotopic (exact) mass is 360 g/mol. The molecule has 110 valence electrons. The number of hydrogen-bond acceptors (Lipinski definition) is 3. The maximum Gasteiger partial charge on any atom is 0.419 e. The van der Waals surface area contributed by atoms with Crippen LogP contribution in [-0.2, 0) is 11.0 Å². The molecule has 0 spiro atoms. The van der Waals surface area contributed by atoms with E-state index in [0.29, 0.717) is 21.4 Å². The topological polar surface area (TPSA) is 72.9 Å². The highest BCUT2D eigenvalue weighted by molar-refractivity contribution is 9.10. The Morgan fingerprint density at radius 1 is 1.38 bits per heavy atom. The van der Waals surface area contributed by atoms with Crippen LogP contribution in [0, 0.1) is 0 Å². The van der Waals surface area contributed by atoms with E-state index in [2.05, 4.69) is 26.3 Å². The predicted molar refractivity (Wildman–Crippen MR) is 71.8 cm³/mol. The standard InChI is InChI=1S/C12H8BrF3N4O/c13-7-1-6-8(19-11(21)10(6)17)2-9(7)20-4-5(3-18-20)12(14,15)16/h1-4,10H,17H2,(H,19,21). The van der Waals surface area contributed by atoms with Crippen LogP contribution in [0.4, 0.5) is 18.9 Å². The molecule has 0 saturated carbocycles. The van der Waals surface area contributed by atoms with Gasteiger partial charge in [-0.15, -0.1) is 0 Å². The number of amides is 1. The molecule has 21 heavy (non-hydrogen) atoms. The number of benzene rings is 1. The minimum Gasteiger partial charge on any atom is -0.324 e. The predicted octanol–water partition coefficient (Wildman–Crippen LogP) is 2.61. The average molecular weight is 361 g/mol. The first-order chi connectivity index (χ1) is 9.77. The molecule has 1 unspecified atom stereocenters. The van der Waals surface area contributed by atoms with Gasteiger partial charge in [-0.3, -0.25) is 4.79 Å². The zero-order valence-electron chi connectivity index (χ0n) is 10.3. The Bertz CT molecular complexity index is 741. The van der Waals surface area contributed by atoms with Crippen LogP contribution in [0.5, 0.6) is 0 Å². The minimum atomic E-state index is -4.46. The van der Waals surface area contributed by atoms with Gasteiger partial charge < -0.3 is 11.1 Å². The largest absolute Gasteiger partial charge is 0.419 e. The maximum absolute atomic E-state index is 12.6. The zero-order chi connectivity index (χ0) is 15.4. The first-order valence-electron chi connectivity index (χ1n) is 5.79. The minimum absolute atomic E-state index is 0.356. The molecule has 0 fully saturated rings. The van der Waals surface area contributed by atoms with E-state index >= 15 is 0 Å². The summed E-state index contributed by atoms with van der Waals surface area (Å²) in [4.78, 5) is 11.5. The second-order valence-electron chi connectivity index (χ2n) is 4.53. The maximum atomic E-state index is 12.6. The van der Waals surface area contributed by atoms with Crippen LogP contribution in [0.15, 0.2) is 29.0 Å². The summed E-state index contributed by atoms with van der Waals surface area (Å²) in [5, 5.41) is 6.27. The molecule has 0 aliphatic carbocycles. The van der Waals surface area contributed by atoms with Gasteiger partial charge in [-0.1, -0.05) is 0 Å². The smallest absolute Gasteiger partial charge is 0.324 e. The van der Waals surface area contributed by atoms with Crippen molar-refractivity contribution in [3.05, 3.63) is 40.1 Å². The van der Waals surface area contributed by atoms with Gasteiger partial charge in [0.1, 0.15) is 6.04 Å². The summed E-state index contributed by atoms with van der Waals surface area (Å²) in [6.07, 6.45) is -2.84. The van der Waals surface area contributed by atoms with Crippen molar-refractivity contribution >= 4 is 27.5 Å². The van der Waals surface area contributed by atoms with Crippen LogP contribution in [0.3, 0.4) is 0 Å². The number of nitrogens with one attached hydrogen (secondary N) is 1. The summed E-state index contributed by atoms with van der Waals surface area (Å²) in [5.74, 6) is -0.356. The molecule has 2 heterocycles. The van der Waals surface area contributed by atoms with Crippen LogP contribution in [0.2, 0.25) is 0 Å². The van der Waals surface area contributed by atoms with Gasteiger partial charge >= 0.3 is 6.18 Å². The Kier molecular flexibility index (Phi) is 3.06. The van der Waals surface area contributed by atoms with Gasteiger partial charge in [0.15, 0.2) is 0 Å². The van der Waals surface area contributed by atoms with Gasteiger partial charge in [-0.05, 0) is 28.1 Å². The van der Waals surface area contributed by atoms with Gasteiger partial charge in [0.05, 0.1) is 17.4 Å². The number of anilines is 1. The first kappa shape index (κ1) is 14.1. The fraction of sp³-hybridized carbons (Fsp3) is 0.167. The quantitative estimate of drug-likeness (QED) is 0.820. The Hall–Kier alpha value is -1.87. The second-order valence-corrected chi connectivity index (χ2v) is 5.38. The Morgan fingerprint density at radius 3 is 2.71 bits per heavy atom. The number of aromatic nitrogens is 2. The van der Waals surface area contributed by atoms with Gasteiger partial charge in [0.2, 0.25) is 5.91 Å². The molecule has 0 bridgehead atoms. The third-order valence-corrected chi connectivity index (χ3v) is 3.79. The van der Waals surface area contributed by atoms with Gasteiger partial charge in [-0.25, -0.2) is 4.68 Å². The van der Waals surface area contributed by atoms with E-state index < -0.39 is 17.8 Å². The molecule has 1 atom stereocenters. The molecule has 5 nitrogen and oxygen atoms in total. The molecule has 9 heteroatoms. The fourth-order valence-electron chi connectivity index (χ4n) is 2.07. The van der Waals surface area contributed by atoms with Gasteiger partial charge in [0, 0.05) is 21.9 Å².